The van der Waals surface area contributed by atoms with Gasteiger partial charge in [-0.2, -0.15) is 5.10 Å². The van der Waals surface area contributed by atoms with Crippen molar-refractivity contribution in [2.45, 2.75) is 32.0 Å². The lowest BCUT2D eigenvalue weighted by atomic mass is 10.2. The molecule has 1 saturated heterocycles. The van der Waals surface area contributed by atoms with Gasteiger partial charge < -0.3 is 4.90 Å². The van der Waals surface area contributed by atoms with Crippen molar-refractivity contribution in [2.24, 2.45) is 0 Å². The number of hydrogen-bond acceptors (Lipinski definition) is 4. The Labute approximate surface area is 135 Å². The minimum Gasteiger partial charge on any atom is -0.340 e. The Morgan fingerprint density at radius 3 is 3.14 bits per heavy atom. The highest BCUT2D eigenvalue weighted by Gasteiger charge is 2.27. The van der Waals surface area contributed by atoms with E-state index in [2.05, 4.69) is 16.1 Å². The number of aromatic nitrogens is 2. The van der Waals surface area contributed by atoms with Gasteiger partial charge in [-0.1, -0.05) is 6.07 Å². The molecule has 0 spiro atoms. The fourth-order valence-electron chi connectivity index (χ4n) is 2.95. The molecule has 0 bridgehead atoms. The van der Waals surface area contributed by atoms with Gasteiger partial charge in [0.1, 0.15) is 0 Å². The molecule has 0 N–H and O–H groups in total. The van der Waals surface area contributed by atoms with Gasteiger partial charge in [0.15, 0.2) is 0 Å². The number of likely N-dealkylation sites (tertiary alicyclic amines) is 1. The van der Waals surface area contributed by atoms with Gasteiger partial charge in [0, 0.05) is 30.4 Å². The molecular weight excluding hydrogens is 296 g/mol. The average molecular weight is 318 g/mol. The van der Waals surface area contributed by atoms with E-state index in [9.17, 15) is 4.79 Å². The van der Waals surface area contributed by atoms with E-state index in [4.69, 9.17) is 0 Å². The smallest absolute Gasteiger partial charge is 0.236 e. The van der Waals surface area contributed by atoms with Crippen molar-refractivity contribution in [1.29, 1.82) is 0 Å². The lowest BCUT2D eigenvalue weighted by molar-refractivity contribution is -0.131. The molecule has 1 aliphatic heterocycles. The van der Waals surface area contributed by atoms with E-state index in [-0.39, 0.29) is 5.91 Å². The Bertz CT molecular complexity index is 581. The maximum Gasteiger partial charge on any atom is 0.236 e. The SMILES string of the molecule is CN(Cc1cccs1)C(=O)CN1CCCC1Cn1cccn1. The Hall–Kier alpha value is -1.66. The zero-order valence-corrected chi connectivity index (χ0v) is 13.7. The van der Waals surface area contributed by atoms with Gasteiger partial charge in [0.25, 0.3) is 0 Å². The normalized spacial score (nSPS) is 18.7. The highest BCUT2D eigenvalue weighted by atomic mass is 32.1. The average Bonchev–Trinajstić information content (AvgIpc) is 3.23. The van der Waals surface area contributed by atoms with E-state index in [0.29, 0.717) is 19.1 Å². The summed E-state index contributed by atoms with van der Waals surface area (Å²) in [6, 6.07) is 6.46. The Balaban J connectivity index is 1.53. The lowest BCUT2D eigenvalue weighted by Crippen LogP contribution is -2.41. The van der Waals surface area contributed by atoms with Crippen LogP contribution in [0.1, 0.15) is 17.7 Å². The molecule has 1 unspecified atom stereocenters. The largest absolute Gasteiger partial charge is 0.340 e. The standard InChI is InChI=1S/C16H22N4OS/c1-18(12-15-6-3-10-22-15)16(21)13-19-8-2-5-14(19)11-20-9-4-7-17-20/h3-4,6-7,9-10,14H,2,5,8,11-13H2,1H3. The number of likely N-dealkylation sites (N-methyl/N-ethyl adjacent to an activating group) is 1. The fraction of sp³-hybridized carbons (Fsp3) is 0.500. The molecule has 2 aromatic heterocycles. The molecule has 0 aromatic carbocycles. The first-order valence-electron chi connectivity index (χ1n) is 7.70. The highest BCUT2D eigenvalue weighted by molar-refractivity contribution is 7.09. The maximum atomic E-state index is 12.4. The maximum absolute atomic E-state index is 12.4. The van der Waals surface area contributed by atoms with Crippen LogP contribution in [0.15, 0.2) is 36.0 Å². The summed E-state index contributed by atoms with van der Waals surface area (Å²) in [5, 5.41) is 6.32. The van der Waals surface area contributed by atoms with Crippen LogP contribution in [0.5, 0.6) is 0 Å². The number of rotatable bonds is 6. The van der Waals surface area contributed by atoms with Crippen LogP contribution in [0.25, 0.3) is 0 Å². The van der Waals surface area contributed by atoms with Crippen molar-refractivity contribution in [3.05, 3.63) is 40.8 Å². The van der Waals surface area contributed by atoms with Crippen LogP contribution in [-0.2, 0) is 17.9 Å². The second-order valence-corrected chi connectivity index (χ2v) is 6.86. The van der Waals surface area contributed by atoms with E-state index >= 15 is 0 Å². The van der Waals surface area contributed by atoms with Crippen LogP contribution < -0.4 is 0 Å². The van der Waals surface area contributed by atoms with Gasteiger partial charge in [-0.05, 0) is 36.9 Å². The minimum atomic E-state index is 0.195. The summed E-state index contributed by atoms with van der Waals surface area (Å²) in [6.07, 6.45) is 6.09. The summed E-state index contributed by atoms with van der Waals surface area (Å²) in [6.45, 7) is 3.08. The van der Waals surface area contributed by atoms with Crippen molar-refractivity contribution >= 4 is 17.2 Å². The zero-order chi connectivity index (χ0) is 15.4. The number of carbonyl (C=O) groups is 1. The van der Waals surface area contributed by atoms with E-state index in [1.54, 1.807) is 17.5 Å². The number of amides is 1. The molecule has 3 heterocycles. The van der Waals surface area contributed by atoms with Gasteiger partial charge in [-0.25, -0.2) is 0 Å². The Morgan fingerprint density at radius 1 is 1.50 bits per heavy atom. The van der Waals surface area contributed by atoms with Crippen molar-refractivity contribution < 1.29 is 4.79 Å². The number of nitrogens with zero attached hydrogens (tertiary/aromatic N) is 4. The topological polar surface area (TPSA) is 41.4 Å². The molecule has 0 radical (unpaired) electrons. The fourth-order valence-corrected chi connectivity index (χ4v) is 3.71. The Kier molecular flexibility index (Phi) is 4.90. The molecule has 3 rings (SSSR count). The van der Waals surface area contributed by atoms with Gasteiger partial charge in [-0.15, -0.1) is 11.3 Å². The molecule has 1 aliphatic rings. The molecule has 6 heteroatoms. The summed E-state index contributed by atoms with van der Waals surface area (Å²) >= 11 is 1.70. The molecule has 118 valence electrons. The van der Waals surface area contributed by atoms with Crippen molar-refractivity contribution in [1.82, 2.24) is 19.6 Å². The van der Waals surface area contributed by atoms with Crippen LogP contribution in [-0.4, -0.2) is 51.7 Å². The zero-order valence-electron chi connectivity index (χ0n) is 12.9. The minimum absolute atomic E-state index is 0.195. The van der Waals surface area contributed by atoms with Crippen LogP contribution in [0.3, 0.4) is 0 Å². The second-order valence-electron chi connectivity index (χ2n) is 5.82. The molecular formula is C16H22N4OS. The summed E-state index contributed by atoms with van der Waals surface area (Å²) in [4.78, 5) is 17.8. The summed E-state index contributed by atoms with van der Waals surface area (Å²) in [5.41, 5.74) is 0. The quantitative estimate of drug-likeness (QED) is 0.819. The Morgan fingerprint density at radius 2 is 2.41 bits per heavy atom. The summed E-state index contributed by atoms with van der Waals surface area (Å²) in [5.74, 6) is 0.195. The first-order chi connectivity index (χ1) is 10.7. The molecule has 2 aromatic rings. The third-order valence-corrected chi connectivity index (χ3v) is 5.05. The van der Waals surface area contributed by atoms with Gasteiger partial charge in [0.2, 0.25) is 5.91 Å². The van der Waals surface area contributed by atoms with Gasteiger partial charge in [-0.3, -0.25) is 14.4 Å². The highest BCUT2D eigenvalue weighted by Crippen LogP contribution is 2.19. The molecule has 1 fully saturated rings. The van der Waals surface area contributed by atoms with Crippen LogP contribution in [0.4, 0.5) is 0 Å². The molecule has 0 saturated carbocycles. The summed E-state index contributed by atoms with van der Waals surface area (Å²) in [7, 11) is 1.89. The third-order valence-electron chi connectivity index (χ3n) is 4.19. The molecule has 0 aliphatic carbocycles. The van der Waals surface area contributed by atoms with Crippen molar-refractivity contribution in [2.75, 3.05) is 20.1 Å². The van der Waals surface area contributed by atoms with E-state index in [1.165, 1.54) is 4.88 Å². The molecule has 5 nitrogen and oxygen atoms in total. The number of carbonyl (C=O) groups excluding carboxylic acids is 1. The summed E-state index contributed by atoms with van der Waals surface area (Å²) < 4.78 is 1.96. The van der Waals surface area contributed by atoms with Crippen molar-refractivity contribution in [3.8, 4) is 0 Å². The first-order valence-corrected chi connectivity index (χ1v) is 8.58. The molecule has 1 atom stereocenters. The van der Waals surface area contributed by atoms with E-state index in [1.807, 2.05) is 40.3 Å². The molecule has 1 amide bonds. The third kappa shape index (κ3) is 3.75. The van der Waals surface area contributed by atoms with Gasteiger partial charge in [0.05, 0.1) is 19.6 Å². The second kappa shape index (κ2) is 7.07. The van der Waals surface area contributed by atoms with E-state index < -0.39 is 0 Å². The lowest BCUT2D eigenvalue weighted by Gasteiger charge is -2.26. The van der Waals surface area contributed by atoms with Crippen LogP contribution in [0, 0.1) is 0 Å². The van der Waals surface area contributed by atoms with Crippen molar-refractivity contribution in [3.63, 3.8) is 0 Å². The van der Waals surface area contributed by atoms with Crippen LogP contribution >= 0.6 is 11.3 Å². The van der Waals surface area contributed by atoms with Gasteiger partial charge >= 0.3 is 0 Å². The monoisotopic (exact) mass is 318 g/mol. The number of thiophene rings is 1. The number of hydrogen-bond donors (Lipinski definition) is 0. The van der Waals surface area contributed by atoms with Crippen LogP contribution in [0.2, 0.25) is 0 Å². The van der Waals surface area contributed by atoms with E-state index in [0.717, 1.165) is 25.9 Å². The predicted molar refractivity (Wildman–Crippen MR) is 87.6 cm³/mol. The first kappa shape index (κ1) is 15.2. The molecule has 22 heavy (non-hydrogen) atoms. The predicted octanol–water partition coefficient (Wildman–Crippen LogP) is 2.07.